The van der Waals surface area contributed by atoms with Gasteiger partial charge in [-0.05, 0) is 38.2 Å². The molecule has 0 saturated carbocycles. The molecule has 0 aliphatic carbocycles. The first-order chi connectivity index (χ1) is 10.0. The molecule has 0 fully saturated rings. The molecule has 2 aromatic rings. The second kappa shape index (κ2) is 7.19. The van der Waals surface area contributed by atoms with E-state index in [-0.39, 0.29) is 12.4 Å². The van der Waals surface area contributed by atoms with Gasteiger partial charge in [0.2, 0.25) is 0 Å². The van der Waals surface area contributed by atoms with Crippen molar-refractivity contribution in [3.63, 3.8) is 0 Å². The van der Waals surface area contributed by atoms with Crippen molar-refractivity contribution in [2.75, 3.05) is 20.2 Å². The van der Waals surface area contributed by atoms with Crippen LogP contribution < -0.4 is 4.74 Å². The van der Waals surface area contributed by atoms with Crippen molar-refractivity contribution in [3.05, 3.63) is 47.6 Å². The van der Waals surface area contributed by atoms with Gasteiger partial charge in [-0.25, -0.2) is 4.39 Å². The zero-order valence-electron chi connectivity index (χ0n) is 12.1. The fraction of sp³-hybridized carbons (Fsp3) is 0.400. The Kier molecular flexibility index (Phi) is 5.30. The number of halogens is 1. The summed E-state index contributed by atoms with van der Waals surface area (Å²) in [5, 5.41) is 13.8. The lowest BCUT2D eigenvalue weighted by Gasteiger charge is -2.19. The van der Waals surface area contributed by atoms with Gasteiger partial charge in [0.1, 0.15) is 30.0 Å². The van der Waals surface area contributed by atoms with Crippen LogP contribution in [0.2, 0.25) is 0 Å². The average Bonchev–Trinajstić information content (AvgIpc) is 2.83. The van der Waals surface area contributed by atoms with E-state index in [1.54, 1.807) is 0 Å². The summed E-state index contributed by atoms with van der Waals surface area (Å²) in [5.41, 5.74) is 0.821. The van der Waals surface area contributed by atoms with E-state index in [0.717, 1.165) is 11.5 Å². The van der Waals surface area contributed by atoms with E-state index in [1.165, 1.54) is 24.3 Å². The van der Waals surface area contributed by atoms with Crippen molar-refractivity contribution in [3.8, 4) is 5.75 Å². The van der Waals surface area contributed by atoms with Crippen molar-refractivity contribution in [1.82, 2.24) is 10.1 Å². The van der Waals surface area contributed by atoms with Gasteiger partial charge in [0.05, 0.1) is 5.69 Å². The SMILES string of the molecule is Cc1cc(CN(C)CC(O)COc2ccc(F)cc2)no1. The molecule has 1 atom stereocenters. The first kappa shape index (κ1) is 15.5. The first-order valence-corrected chi connectivity index (χ1v) is 6.70. The smallest absolute Gasteiger partial charge is 0.133 e. The largest absolute Gasteiger partial charge is 0.491 e. The molecular formula is C15H19FN2O3. The molecule has 1 heterocycles. The fourth-order valence-electron chi connectivity index (χ4n) is 1.97. The minimum absolute atomic E-state index is 0.147. The summed E-state index contributed by atoms with van der Waals surface area (Å²) >= 11 is 0. The average molecular weight is 294 g/mol. The molecule has 5 nitrogen and oxygen atoms in total. The summed E-state index contributed by atoms with van der Waals surface area (Å²) in [7, 11) is 1.88. The number of aliphatic hydroxyl groups excluding tert-OH is 1. The summed E-state index contributed by atoms with van der Waals surface area (Å²) < 4.78 is 23.1. The number of aryl methyl sites for hydroxylation is 1. The van der Waals surface area contributed by atoms with Gasteiger partial charge in [-0.3, -0.25) is 4.90 Å². The number of hydrogen-bond acceptors (Lipinski definition) is 5. The summed E-state index contributed by atoms with van der Waals surface area (Å²) in [5.74, 6) is 0.981. The molecule has 1 unspecified atom stereocenters. The Balaban J connectivity index is 1.73. The zero-order chi connectivity index (χ0) is 15.2. The maximum atomic E-state index is 12.7. The Morgan fingerprint density at radius 1 is 1.38 bits per heavy atom. The van der Waals surface area contributed by atoms with Crippen LogP contribution >= 0.6 is 0 Å². The van der Waals surface area contributed by atoms with Gasteiger partial charge < -0.3 is 14.4 Å². The number of nitrogens with zero attached hydrogens (tertiary/aromatic N) is 2. The van der Waals surface area contributed by atoms with Gasteiger partial charge >= 0.3 is 0 Å². The maximum Gasteiger partial charge on any atom is 0.133 e. The first-order valence-electron chi connectivity index (χ1n) is 6.70. The summed E-state index contributed by atoms with van der Waals surface area (Å²) in [4.78, 5) is 1.93. The number of likely N-dealkylation sites (N-methyl/N-ethyl adjacent to an activating group) is 1. The van der Waals surface area contributed by atoms with Crippen LogP contribution in [0.4, 0.5) is 4.39 Å². The van der Waals surface area contributed by atoms with Crippen molar-refractivity contribution >= 4 is 0 Å². The van der Waals surface area contributed by atoms with Crippen molar-refractivity contribution in [2.24, 2.45) is 0 Å². The lowest BCUT2D eigenvalue weighted by atomic mass is 10.3. The maximum absolute atomic E-state index is 12.7. The predicted molar refractivity (Wildman–Crippen MR) is 75.5 cm³/mol. The van der Waals surface area contributed by atoms with Crippen LogP contribution in [-0.4, -0.2) is 41.5 Å². The second-order valence-corrected chi connectivity index (χ2v) is 5.04. The lowest BCUT2D eigenvalue weighted by molar-refractivity contribution is 0.0737. The van der Waals surface area contributed by atoms with Crippen LogP contribution in [0.5, 0.6) is 5.75 Å². The van der Waals surface area contributed by atoms with Gasteiger partial charge in [-0.15, -0.1) is 0 Å². The molecule has 0 bridgehead atoms. The van der Waals surface area contributed by atoms with Gasteiger partial charge in [0.25, 0.3) is 0 Å². The molecule has 0 aliphatic rings. The summed E-state index contributed by atoms with van der Waals surface area (Å²) in [6.07, 6.45) is -0.645. The van der Waals surface area contributed by atoms with Crippen molar-refractivity contribution in [2.45, 2.75) is 19.6 Å². The molecule has 6 heteroatoms. The highest BCUT2D eigenvalue weighted by atomic mass is 19.1. The highest BCUT2D eigenvalue weighted by Gasteiger charge is 2.11. The summed E-state index contributed by atoms with van der Waals surface area (Å²) in [6, 6.07) is 7.56. The molecule has 21 heavy (non-hydrogen) atoms. The molecule has 2 rings (SSSR count). The second-order valence-electron chi connectivity index (χ2n) is 5.04. The number of ether oxygens (including phenoxy) is 1. The summed E-state index contributed by atoms with van der Waals surface area (Å²) in [6.45, 7) is 3.01. The van der Waals surface area contributed by atoms with Gasteiger partial charge in [0.15, 0.2) is 0 Å². The van der Waals surface area contributed by atoms with Crippen LogP contribution in [0.3, 0.4) is 0 Å². The third kappa shape index (κ3) is 5.17. The quantitative estimate of drug-likeness (QED) is 0.846. The highest BCUT2D eigenvalue weighted by molar-refractivity contribution is 5.22. The monoisotopic (exact) mass is 294 g/mol. The Labute approximate surface area is 122 Å². The third-order valence-electron chi connectivity index (χ3n) is 2.89. The zero-order valence-corrected chi connectivity index (χ0v) is 12.1. The minimum atomic E-state index is -0.645. The van der Waals surface area contributed by atoms with Crippen LogP contribution in [0.1, 0.15) is 11.5 Å². The van der Waals surface area contributed by atoms with Crippen molar-refractivity contribution < 1.29 is 18.8 Å². The lowest BCUT2D eigenvalue weighted by Crippen LogP contribution is -2.32. The van der Waals surface area contributed by atoms with E-state index in [1.807, 2.05) is 24.9 Å². The Morgan fingerprint density at radius 2 is 2.10 bits per heavy atom. The predicted octanol–water partition coefficient (Wildman–Crippen LogP) is 1.99. The van der Waals surface area contributed by atoms with E-state index >= 15 is 0 Å². The topological polar surface area (TPSA) is 58.7 Å². The van der Waals surface area contributed by atoms with E-state index < -0.39 is 6.10 Å². The molecule has 0 saturated heterocycles. The molecule has 0 spiro atoms. The molecule has 114 valence electrons. The molecule has 0 amide bonds. The van der Waals surface area contributed by atoms with Crippen LogP contribution in [0.15, 0.2) is 34.9 Å². The van der Waals surface area contributed by atoms with Gasteiger partial charge in [-0.2, -0.15) is 0 Å². The Morgan fingerprint density at radius 3 is 2.71 bits per heavy atom. The molecular weight excluding hydrogens is 275 g/mol. The molecule has 1 N–H and O–H groups in total. The Bertz CT molecular complexity index is 556. The molecule has 1 aromatic heterocycles. The van der Waals surface area contributed by atoms with Gasteiger partial charge in [0, 0.05) is 19.2 Å². The van der Waals surface area contributed by atoms with E-state index in [2.05, 4.69) is 5.16 Å². The number of aromatic nitrogens is 1. The number of hydrogen-bond donors (Lipinski definition) is 1. The molecule has 1 aromatic carbocycles. The van der Waals surface area contributed by atoms with E-state index in [4.69, 9.17) is 9.26 Å². The van der Waals surface area contributed by atoms with Crippen LogP contribution in [0.25, 0.3) is 0 Å². The molecule has 0 radical (unpaired) electrons. The minimum Gasteiger partial charge on any atom is -0.491 e. The van der Waals surface area contributed by atoms with Crippen LogP contribution in [-0.2, 0) is 6.54 Å². The van der Waals surface area contributed by atoms with E-state index in [9.17, 15) is 9.50 Å². The number of benzene rings is 1. The number of aliphatic hydroxyl groups is 1. The van der Waals surface area contributed by atoms with Crippen LogP contribution in [0, 0.1) is 12.7 Å². The molecule has 0 aliphatic heterocycles. The fourth-order valence-corrected chi connectivity index (χ4v) is 1.97. The highest BCUT2D eigenvalue weighted by Crippen LogP contribution is 2.11. The third-order valence-corrected chi connectivity index (χ3v) is 2.89. The normalized spacial score (nSPS) is 12.6. The van der Waals surface area contributed by atoms with E-state index in [0.29, 0.717) is 18.8 Å². The Hall–Kier alpha value is -1.92. The number of rotatable bonds is 7. The standard InChI is InChI=1S/C15H19FN2O3/c1-11-7-13(17-21-11)8-18(2)9-14(19)10-20-15-5-3-12(16)4-6-15/h3-7,14,19H,8-10H2,1-2H3. The van der Waals surface area contributed by atoms with Gasteiger partial charge in [-0.1, -0.05) is 5.16 Å². The van der Waals surface area contributed by atoms with Crippen molar-refractivity contribution in [1.29, 1.82) is 0 Å².